The molecule has 0 N–H and O–H groups in total. The Bertz CT molecular complexity index is 2920. The van der Waals surface area contributed by atoms with Crippen LogP contribution in [0.5, 0.6) is 0 Å². The van der Waals surface area contributed by atoms with Crippen molar-refractivity contribution in [3.05, 3.63) is 188 Å². The van der Waals surface area contributed by atoms with Crippen LogP contribution in [-0.2, 0) is 0 Å². The van der Waals surface area contributed by atoms with Gasteiger partial charge in [0.15, 0.2) is 5.82 Å². The number of rotatable bonds is 5. The van der Waals surface area contributed by atoms with E-state index in [0.717, 1.165) is 50.2 Å². The van der Waals surface area contributed by atoms with Gasteiger partial charge >= 0.3 is 0 Å². The van der Waals surface area contributed by atoms with Gasteiger partial charge in [-0.25, -0.2) is 15.0 Å². The summed E-state index contributed by atoms with van der Waals surface area (Å²) in [5.41, 5.74) is 10.2. The van der Waals surface area contributed by atoms with Crippen molar-refractivity contribution in [1.82, 2.24) is 15.0 Å². The standard InChI is InChI=1S/C49H31N3/c1-3-13-32(14-4-1)33-23-25-35(26-24-33)45-31-44(34-15-5-2-6-16-34)51-49(52-45)37-29-27-36(28-30-37)48-47-41-20-10-8-18-39(41)38-17-7-9-19-40(38)46(47)42-21-11-12-22-43(42)50-48/h1-31H. The molecule has 3 nitrogen and oxygen atoms in total. The first-order valence-electron chi connectivity index (χ1n) is 17.6. The van der Waals surface area contributed by atoms with Crippen molar-refractivity contribution < 1.29 is 0 Å². The molecule has 8 aromatic carbocycles. The molecule has 10 rings (SSSR count). The number of aromatic nitrogens is 3. The van der Waals surface area contributed by atoms with Crippen molar-refractivity contribution in [3.63, 3.8) is 0 Å². The maximum Gasteiger partial charge on any atom is 0.160 e. The molecule has 52 heavy (non-hydrogen) atoms. The Balaban J connectivity index is 1.13. The van der Waals surface area contributed by atoms with Crippen molar-refractivity contribution >= 4 is 43.2 Å². The molecule has 242 valence electrons. The van der Waals surface area contributed by atoms with Gasteiger partial charge in [0.2, 0.25) is 0 Å². The SMILES string of the molecule is c1ccc(-c2ccc(-c3cc(-c4ccccc4)nc(-c4ccc(-c5nc6ccccc6c6c7ccccc7c7ccccc7c56)cc4)n3)cc2)cc1. The molecule has 2 aromatic heterocycles. The summed E-state index contributed by atoms with van der Waals surface area (Å²) in [6.45, 7) is 0. The van der Waals surface area contributed by atoms with E-state index in [-0.39, 0.29) is 0 Å². The number of para-hydroxylation sites is 1. The molecular formula is C49H31N3. The molecule has 0 amide bonds. The van der Waals surface area contributed by atoms with Gasteiger partial charge in [-0.05, 0) is 44.8 Å². The third kappa shape index (κ3) is 5.10. The zero-order valence-electron chi connectivity index (χ0n) is 28.2. The molecule has 0 radical (unpaired) electrons. The molecule has 0 aliphatic carbocycles. The lowest BCUT2D eigenvalue weighted by Crippen LogP contribution is -1.96. The monoisotopic (exact) mass is 661 g/mol. The van der Waals surface area contributed by atoms with Crippen LogP contribution in [0.1, 0.15) is 0 Å². The topological polar surface area (TPSA) is 38.7 Å². The van der Waals surface area contributed by atoms with Gasteiger partial charge in [-0.3, -0.25) is 0 Å². The molecule has 2 heterocycles. The van der Waals surface area contributed by atoms with E-state index in [1.54, 1.807) is 0 Å². The summed E-state index contributed by atoms with van der Waals surface area (Å²) in [7, 11) is 0. The lowest BCUT2D eigenvalue weighted by Gasteiger charge is -2.16. The Morgan fingerprint density at radius 1 is 0.269 bits per heavy atom. The van der Waals surface area contributed by atoms with Crippen LogP contribution in [0.15, 0.2) is 188 Å². The molecule has 0 aliphatic heterocycles. The minimum absolute atomic E-state index is 0.683. The van der Waals surface area contributed by atoms with E-state index in [1.807, 2.05) is 24.3 Å². The van der Waals surface area contributed by atoms with E-state index in [0.29, 0.717) is 5.82 Å². The first-order valence-corrected chi connectivity index (χ1v) is 17.6. The maximum absolute atomic E-state index is 5.34. The maximum atomic E-state index is 5.34. The third-order valence-corrected chi connectivity index (χ3v) is 10.1. The Labute approximate surface area is 301 Å². The van der Waals surface area contributed by atoms with Gasteiger partial charge in [0, 0.05) is 38.4 Å². The number of hydrogen-bond donors (Lipinski definition) is 0. The highest BCUT2D eigenvalue weighted by Crippen LogP contribution is 2.43. The zero-order valence-corrected chi connectivity index (χ0v) is 28.2. The zero-order chi connectivity index (χ0) is 34.4. The van der Waals surface area contributed by atoms with Crippen LogP contribution >= 0.6 is 0 Å². The summed E-state index contributed by atoms with van der Waals surface area (Å²) >= 11 is 0. The van der Waals surface area contributed by atoms with Crippen LogP contribution in [0.25, 0.3) is 99.5 Å². The smallest absolute Gasteiger partial charge is 0.160 e. The van der Waals surface area contributed by atoms with Crippen molar-refractivity contribution in [3.8, 4) is 56.3 Å². The molecule has 0 bridgehead atoms. The predicted molar refractivity (Wildman–Crippen MR) is 217 cm³/mol. The van der Waals surface area contributed by atoms with E-state index in [2.05, 4.69) is 164 Å². The van der Waals surface area contributed by atoms with Crippen LogP contribution < -0.4 is 0 Å². The number of hydrogen-bond acceptors (Lipinski definition) is 3. The third-order valence-electron chi connectivity index (χ3n) is 10.1. The van der Waals surface area contributed by atoms with Crippen LogP contribution in [0.2, 0.25) is 0 Å². The Kier molecular flexibility index (Phi) is 7.14. The minimum atomic E-state index is 0.683. The summed E-state index contributed by atoms with van der Waals surface area (Å²) in [6.07, 6.45) is 0. The van der Waals surface area contributed by atoms with Gasteiger partial charge in [-0.15, -0.1) is 0 Å². The van der Waals surface area contributed by atoms with Crippen molar-refractivity contribution in [2.75, 3.05) is 0 Å². The van der Waals surface area contributed by atoms with Crippen molar-refractivity contribution in [2.24, 2.45) is 0 Å². The Morgan fingerprint density at radius 2 is 0.692 bits per heavy atom. The predicted octanol–water partition coefficient (Wildman–Crippen LogP) is 12.8. The molecule has 3 heteroatoms. The summed E-state index contributed by atoms with van der Waals surface area (Å²) < 4.78 is 0. The van der Waals surface area contributed by atoms with E-state index < -0.39 is 0 Å². The van der Waals surface area contributed by atoms with E-state index in [1.165, 1.54) is 43.4 Å². The second-order valence-electron chi connectivity index (χ2n) is 13.2. The number of benzene rings is 8. The highest BCUT2D eigenvalue weighted by Gasteiger charge is 2.18. The number of pyridine rings is 1. The molecular weight excluding hydrogens is 631 g/mol. The summed E-state index contributed by atoms with van der Waals surface area (Å²) in [4.78, 5) is 15.6. The largest absolute Gasteiger partial charge is 0.247 e. The second-order valence-corrected chi connectivity index (χ2v) is 13.2. The minimum Gasteiger partial charge on any atom is -0.247 e. The normalized spacial score (nSPS) is 11.5. The van der Waals surface area contributed by atoms with Gasteiger partial charge in [-0.1, -0.05) is 176 Å². The fourth-order valence-electron chi connectivity index (χ4n) is 7.56. The molecule has 0 fully saturated rings. The van der Waals surface area contributed by atoms with E-state index >= 15 is 0 Å². The van der Waals surface area contributed by atoms with Gasteiger partial charge in [0.1, 0.15) is 0 Å². The lowest BCUT2D eigenvalue weighted by molar-refractivity contribution is 1.18. The molecule has 10 aromatic rings. The average molecular weight is 662 g/mol. The molecule has 0 atom stereocenters. The van der Waals surface area contributed by atoms with Crippen LogP contribution in [-0.4, -0.2) is 15.0 Å². The highest BCUT2D eigenvalue weighted by atomic mass is 14.9. The molecule has 0 unspecified atom stereocenters. The fourth-order valence-corrected chi connectivity index (χ4v) is 7.56. The average Bonchev–Trinajstić information content (AvgIpc) is 3.24. The Morgan fingerprint density at radius 3 is 1.33 bits per heavy atom. The number of nitrogens with zero attached hydrogens (tertiary/aromatic N) is 3. The van der Waals surface area contributed by atoms with Gasteiger partial charge in [-0.2, -0.15) is 0 Å². The fraction of sp³-hybridized carbons (Fsp3) is 0. The van der Waals surface area contributed by atoms with Crippen LogP contribution in [0.3, 0.4) is 0 Å². The first kappa shape index (κ1) is 29.9. The number of fused-ring (bicyclic) bond motifs is 8. The summed E-state index contributed by atoms with van der Waals surface area (Å²) in [5, 5.41) is 8.50. The second kappa shape index (κ2) is 12.4. The van der Waals surface area contributed by atoms with Crippen LogP contribution in [0.4, 0.5) is 0 Å². The summed E-state index contributed by atoms with van der Waals surface area (Å²) in [6, 6.07) is 66.0. The quantitative estimate of drug-likeness (QED) is 0.172. The summed E-state index contributed by atoms with van der Waals surface area (Å²) in [5.74, 6) is 0.683. The molecule has 0 saturated carbocycles. The van der Waals surface area contributed by atoms with E-state index in [9.17, 15) is 0 Å². The van der Waals surface area contributed by atoms with Crippen molar-refractivity contribution in [2.45, 2.75) is 0 Å². The lowest BCUT2D eigenvalue weighted by atomic mass is 9.90. The van der Waals surface area contributed by atoms with Crippen LogP contribution in [0, 0.1) is 0 Å². The molecule has 0 aliphatic rings. The molecule has 0 saturated heterocycles. The van der Waals surface area contributed by atoms with Gasteiger partial charge < -0.3 is 0 Å². The van der Waals surface area contributed by atoms with E-state index in [4.69, 9.17) is 15.0 Å². The van der Waals surface area contributed by atoms with Crippen molar-refractivity contribution in [1.29, 1.82) is 0 Å². The first-order chi connectivity index (χ1) is 25.8. The molecule has 0 spiro atoms. The Hall–Kier alpha value is -6.97. The van der Waals surface area contributed by atoms with Gasteiger partial charge in [0.05, 0.1) is 22.6 Å². The van der Waals surface area contributed by atoms with Gasteiger partial charge in [0.25, 0.3) is 0 Å². The highest BCUT2D eigenvalue weighted by molar-refractivity contribution is 6.33.